The van der Waals surface area contributed by atoms with E-state index in [-0.39, 0.29) is 47.2 Å². The van der Waals surface area contributed by atoms with Crippen molar-refractivity contribution in [2.24, 2.45) is 0 Å². The van der Waals surface area contributed by atoms with E-state index in [0.717, 1.165) is 0 Å². The zero-order valence-corrected chi connectivity index (χ0v) is 19.2. The molecule has 0 radical (unpaired) electrons. The average molecular weight is 471 g/mol. The topological polar surface area (TPSA) is 138 Å². The highest BCUT2D eigenvalue weighted by molar-refractivity contribution is 6.04. The van der Waals surface area contributed by atoms with Gasteiger partial charge in [0.2, 0.25) is 0 Å². The van der Waals surface area contributed by atoms with Crippen LogP contribution in [0.1, 0.15) is 31.0 Å². The SMILES string of the molecule is CCOC(=O)C1=C(c2ccc(OC)cc2)NC(=O)NC1c1cc(OCC)c(OC)cc1[N+](=O)[O-]. The number of amides is 2. The summed E-state index contributed by atoms with van der Waals surface area (Å²) >= 11 is 0. The van der Waals surface area contributed by atoms with Crippen LogP contribution in [0, 0.1) is 10.1 Å². The minimum absolute atomic E-state index is 0.00216. The third-order valence-corrected chi connectivity index (χ3v) is 5.07. The zero-order chi connectivity index (χ0) is 24.8. The first-order chi connectivity index (χ1) is 16.3. The highest BCUT2D eigenvalue weighted by Crippen LogP contribution is 2.42. The minimum atomic E-state index is -1.20. The Morgan fingerprint density at radius 3 is 2.32 bits per heavy atom. The van der Waals surface area contributed by atoms with Crippen molar-refractivity contribution in [3.63, 3.8) is 0 Å². The Hall–Kier alpha value is -4.28. The molecule has 11 heteroatoms. The Morgan fingerprint density at radius 1 is 1.06 bits per heavy atom. The van der Waals surface area contributed by atoms with E-state index in [1.54, 1.807) is 38.1 Å². The Bertz CT molecular complexity index is 1130. The molecule has 0 fully saturated rings. The van der Waals surface area contributed by atoms with Crippen LogP contribution < -0.4 is 24.8 Å². The molecule has 0 aliphatic carbocycles. The summed E-state index contributed by atoms with van der Waals surface area (Å²) in [5, 5.41) is 17.2. The number of hydrogen-bond acceptors (Lipinski definition) is 8. The molecule has 2 aromatic carbocycles. The maximum Gasteiger partial charge on any atom is 0.338 e. The first-order valence-corrected chi connectivity index (χ1v) is 10.5. The first kappa shape index (κ1) is 24.4. The van der Waals surface area contributed by atoms with Crippen LogP contribution in [0.3, 0.4) is 0 Å². The number of nitro groups is 1. The summed E-state index contributed by atoms with van der Waals surface area (Å²) in [5.41, 5.74) is 0.340. The van der Waals surface area contributed by atoms with E-state index in [4.69, 9.17) is 18.9 Å². The number of nitrogens with one attached hydrogen (secondary N) is 2. The Balaban J connectivity index is 2.29. The van der Waals surface area contributed by atoms with Gasteiger partial charge in [0.1, 0.15) is 5.75 Å². The lowest BCUT2D eigenvalue weighted by Crippen LogP contribution is -2.45. The van der Waals surface area contributed by atoms with Crippen LogP contribution in [0.25, 0.3) is 5.70 Å². The third-order valence-electron chi connectivity index (χ3n) is 5.07. The lowest BCUT2D eigenvalue weighted by Gasteiger charge is -2.29. The molecular formula is C23H25N3O8. The molecule has 0 aromatic heterocycles. The monoisotopic (exact) mass is 471 g/mol. The molecule has 3 rings (SSSR count). The maximum atomic E-state index is 13.1. The molecule has 1 unspecified atom stereocenters. The highest BCUT2D eigenvalue weighted by atomic mass is 16.6. The number of rotatable bonds is 9. The quantitative estimate of drug-likeness (QED) is 0.323. The van der Waals surface area contributed by atoms with Crippen LogP contribution in [0.5, 0.6) is 17.2 Å². The van der Waals surface area contributed by atoms with Crippen LogP contribution in [-0.2, 0) is 9.53 Å². The number of benzene rings is 2. The number of ether oxygens (including phenoxy) is 4. The average Bonchev–Trinajstić information content (AvgIpc) is 2.83. The number of carbonyl (C=O) groups is 2. The predicted molar refractivity (Wildman–Crippen MR) is 122 cm³/mol. The molecule has 34 heavy (non-hydrogen) atoms. The number of nitro benzene ring substituents is 1. The molecule has 1 atom stereocenters. The molecule has 1 aliphatic rings. The largest absolute Gasteiger partial charge is 0.497 e. The normalized spacial score (nSPS) is 15.2. The standard InChI is InChI=1S/C23H25N3O8/c1-5-33-18-11-15(16(26(29)30)12-17(18)32-4)21-19(22(27)34-6-2)20(24-23(28)25-21)13-7-9-14(31-3)10-8-13/h7-12,21H,5-6H2,1-4H3,(H2,24,25,28). The van der Waals surface area contributed by atoms with Crippen molar-refractivity contribution in [2.45, 2.75) is 19.9 Å². The van der Waals surface area contributed by atoms with Crippen molar-refractivity contribution in [2.75, 3.05) is 27.4 Å². The molecule has 0 bridgehead atoms. The molecular weight excluding hydrogens is 446 g/mol. The first-order valence-electron chi connectivity index (χ1n) is 10.5. The second kappa shape index (κ2) is 10.6. The van der Waals surface area contributed by atoms with Crippen LogP contribution in [0.4, 0.5) is 10.5 Å². The number of carbonyl (C=O) groups excluding carboxylic acids is 2. The number of urea groups is 1. The highest BCUT2D eigenvalue weighted by Gasteiger charge is 2.38. The number of nitrogens with zero attached hydrogens (tertiary/aromatic N) is 1. The summed E-state index contributed by atoms with van der Waals surface area (Å²) in [7, 11) is 2.87. The van der Waals surface area contributed by atoms with Crippen LogP contribution in [-0.4, -0.2) is 44.4 Å². The summed E-state index contributed by atoms with van der Waals surface area (Å²) < 4.78 is 21.2. The van der Waals surface area contributed by atoms with Gasteiger partial charge in [-0.15, -0.1) is 0 Å². The zero-order valence-electron chi connectivity index (χ0n) is 19.2. The molecule has 2 amide bonds. The fourth-order valence-electron chi connectivity index (χ4n) is 3.59. The van der Waals surface area contributed by atoms with Gasteiger partial charge >= 0.3 is 12.0 Å². The van der Waals surface area contributed by atoms with Crippen LogP contribution in [0.15, 0.2) is 42.0 Å². The molecule has 0 saturated carbocycles. The Morgan fingerprint density at radius 2 is 1.76 bits per heavy atom. The van der Waals surface area contributed by atoms with Crippen LogP contribution in [0.2, 0.25) is 0 Å². The van der Waals surface area contributed by atoms with Gasteiger partial charge in [0.05, 0.1) is 61.3 Å². The van der Waals surface area contributed by atoms with E-state index in [1.807, 2.05) is 0 Å². The lowest BCUT2D eigenvalue weighted by molar-refractivity contribution is -0.385. The molecule has 180 valence electrons. The maximum absolute atomic E-state index is 13.1. The van der Waals surface area contributed by atoms with E-state index < -0.39 is 23.0 Å². The van der Waals surface area contributed by atoms with Gasteiger partial charge in [-0.3, -0.25) is 10.1 Å². The summed E-state index contributed by atoms with van der Waals surface area (Å²) in [6.45, 7) is 3.72. The van der Waals surface area contributed by atoms with Crippen molar-refractivity contribution in [3.8, 4) is 17.2 Å². The van der Waals surface area contributed by atoms with Gasteiger partial charge in [0, 0.05) is 0 Å². The fourth-order valence-corrected chi connectivity index (χ4v) is 3.59. The predicted octanol–water partition coefficient (Wildman–Crippen LogP) is 3.34. The van der Waals surface area contributed by atoms with Crippen molar-refractivity contribution in [3.05, 3.63) is 63.2 Å². The number of hydrogen-bond donors (Lipinski definition) is 2. The third kappa shape index (κ3) is 4.87. The van der Waals surface area contributed by atoms with Gasteiger partial charge in [-0.2, -0.15) is 0 Å². The molecule has 2 aromatic rings. The fraction of sp³-hybridized carbons (Fsp3) is 0.304. The van der Waals surface area contributed by atoms with E-state index in [9.17, 15) is 19.7 Å². The van der Waals surface area contributed by atoms with E-state index in [2.05, 4.69) is 10.6 Å². The van der Waals surface area contributed by atoms with Crippen molar-refractivity contribution >= 4 is 23.4 Å². The summed E-state index contributed by atoms with van der Waals surface area (Å²) in [6, 6.07) is 7.39. The summed E-state index contributed by atoms with van der Waals surface area (Å²) in [6.07, 6.45) is 0. The van der Waals surface area contributed by atoms with Crippen LogP contribution >= 0.6 is 0 Å². The lowest BCUT2D eigenvalue weighted by atomic mass is 9.91. The summed E-state index contributed by atoms with van der Waals surface area (Å²) in [5.74, 6) is 0.210. The number of esters is 1. The second-order valence-electron chi connectivity index (χ2n) is 7.02. The van der Waals surface area contributed by atoms with E-state index in [0.29, 0.717) is 11.3 Å². The van der Waals surface area contributed by atoms with Gasteiger partial charge in [-0.25, -0.2) is 9.59 Å². The number of methoxy groups -OCH3 is 2. The second-order valence-corrected chi connectivity index (χ2v) is 7.02. The van der Waals surface area contributed by atoms with Crippen molar-refractivity contribution in [1.82, 2.24) is 10.6 Å². The molecule has 11 nitrogen and oxygen atoms in total. The molecule has 2 N–H and O–H groups in total. The van der Waals surface area contributed by atoms with Gasteiger partial charge in [0.15, 0.2) is 11.5 Å². The van der Waals surface area contributed by atoms with Crippen molar-refractivity contribution in [1.29, 1.82) is 0 Å². The van der Waals surface area contributed by atoms with Gasteiger partial charge in [-0.1, -0.05) is 0 Å². The van der Waals surface area contributed by atoms with Gasteiger partial charge in [0.25, 0.3) is 5.69 Å². The van der Waals surface area contributed by atoms with Gasteiger partial charge in [-0.05, 0) is 49.7 Å². The van der Waals surface area contributed by atoms with E-state index >= 15 is 0 Å². The smallest absolute Gasteiger partial charge is 0.338 e. The summed E-state index contributed by atoms with van der Waals surface area (Å²) in [4.78, 5) is 37.1. The Labute approximate surface area is 195 Å². The van der Waals surface area contributed by atoms with Crippen molar-refractivity contribution < 1.29 is 33.5 Å². The van der Waals surface area contributed by atoms with E-state index in [1.165, 1.54) is 26.4 Å². The minimum Gasteiger partial charge on any atom is -0.497 e. The molecule has 0 saturated heterocycles. The van der Waals surface area contributed by atoms with Gasteiger partial charge < -0.3 is 29.6 Å². The molecule has 1 heterocycles. The Kier molecular flexibility index (Phi) is 7.57. The molecule has 0 spiro atoms. The molecule has 1 aliphatic heterocycles.